The third-order valence-corrected chi connectivity index (χ3v) is 3.91. The van der Waals surface area contributed by atoms with E-state index in [1.165, 1.54) is 10.6 Å². The molecule has 1 amide bonds. The second kappa shape index (κ2) is 5.94. The molecule has 0 radical (unpaired) electrons. The summed E-state index contributed by atoms with van der Waals surface area (Å²) in [5, 5.41) is 2.70. The number of ether oxygens (including phenoxy) is 2. The van der Waals surface area contributed by atoms with Crippen LogP contribution in [0.2, 0.25) is 0 Å². The van der Waals surface area contributed by atoms with Crippen LogP contribution >= 0.6 is 0 Å². The van der Waals surface area contributed by atoms with Crippen molar-refractivity contribution in [1.29, 1.82) is 0 Å². The van der Waals surface area contributed by atoms with Gasteiger partial charge in [0.25, 0.3) is 11.5 Å². The summed E-state index contributed by atoms with van der Waals surface area (Å²) >= 11 is 0. The number of aromatic nitrogens is 2. The Kier molecular flexibility index (Phi) is 3.61. The van der Waals surface area contributed by atoms with Gasteiger partial charge in [-0.2, -0.15) is 0 Å². The van der Waals surface area contributed by atoms with Gasteiger partial charge in [-0.05, 0) is 36.8 Å². The number of hydrogen-bond donors (Lipinski definition) is 1. The van der Waals surface area contributed by atoms with Crippen LogP contribution in [0.25, 0.3) is 5.65 Å². The van der Waals surface area contributed by atoms with Gasteiger partial charge in [0.2, 0.25) is 0 Å². The molecule has 0 fully saturated rings. The van der Waals surface area contributed by atoms with Crippen molar-refractivity contribution in [1.82, 2.24) is 9.38 Å². The maximum Gasteiger partial charge on any atom is 0.270 e. The van der Waals surface area contributed by atoms with Crippen molar-refractivity contribution >= 4 is 17.2 Å². The van der Waals surface area contributed by atoms with Gasteiger partial charge in [-0.3, -0.25) is 14.0 Å². The lowest BCUT2D eigenvalue weighted by Gasteiger charge is -2.19. The highest BCUT2D eigenvalue weighted by Crippen LogP contribution is 2.32. The number of hydrogen-bond acceptors (Lipinski definition) is 5. The number of carbonyl (C=O) groups excluding carboxylic acids is 1. The van der Waals surface area contributed by atoms with Crippen LogP contribution in [0.1, 0.15) is 15.9 Å². The first-order valence-electron chi connectivity index (χ1n) is 7.81. The summed E-state index contributed by atoms with van der Waals surface area (Å²) in [4.78, 5) is 29.2. The molecule has 2 aromatic heterocycles. The van der Waals surface area contributed by atoms with E-state index in [0.717, 1.165) is 5.56 Å². The highest BCUT2D eigenvalue weighted by atomic mass is 16.6. The molecule has 3 aromatic rings. The Labute approximate surface area is 142 Å². The number of anilines is 1. The average molecular weight is 337 g/mol. The Balaban J connectivity index is 1.65. The van der Waals surface area contributed by atoms with E-state index in [1.54, 1.807) is 36.5 Å². The summed E-state index contributed by atoms with van der Waals surface area (Å²) in [6.07, 6.45) is 2.91. The molecule has 0 bridgehead atoms. The highest BCUT2D eigenvalue weighted by Gasteiger charge is 2.16. The van der Waals surface area contributed by atoms with Gasteiger partial charge < -0.3 is 14.8 Å². The number of fused-ring (bicyclic) bond motifs is 2. The summed E-state index contributed by atoms with van der Waals surface area (Å²) in [5.74, 6) is 0.670. The predicted molar refractivity (Wildman–Crippen MR) is 91.6 cm³/mol. The Morgan fingerprint density at radius 1 is 1.16 bits per heavy atom. The number of aryl methyl sites for hydroxylation is 1. The number of nitrogens with zero attached hydrogens (tertiary/aromatic N) is 2. The number of carbonyl (C=O) groups is 1. The fraction of sp³-hybridized carbons (Fsp3) is 0.167. The summed E-state index contributed by atoms with van der Waals surface area (Å²) < 4.78 is 12.3. The maximum atomic E-state index is 12.5. The first-order chi connectivity index (χ1) is 12.1. The van der Waals surface area contributed by atoms with Gasteiger partial charge in [-0.1, -0.05) is 0 Å². The van der Waals surface area contributed by atoms with Crippen molar-refractivity contribution in [2.45, 2.75) is 6.92 Å². The fourth-order valence-electron chi connectivity index (χ4n) is 2.65. The van der Waals surface area contributed by atoms with Crippen molar-refractivity contribution in [2.24, 2.45) is 0 Å². The Hall–Kier alpha value is -3.35. The molecule has 3 heterocycles. The third kappa shape index (κ3) is 2.80. The van der Waals surface area contributed by atoms with Crippen LogP contribution in [0, 0.1) is 6.92 Å². The van der Waals surface area contributed by atoms with Gasteiger partial charge in [-0.25, -0.2) is 4.98 Å². The molecular formula is C18H15N3O4. The molecule has 126 valence electrons. The molecule has 7 nitrogen and oxygen atoms in total. The van der Waals surface area contributed by atoms with Crippen LogP contribution in [-0.4, -0.2) is 28.5 Å². The van der Waals surface area contributed by atoms with E-state index in [0.29, 0.717) is 36.0 Å². The zero-order valence-corrected chi connectivity index (χ0v) is 13.5. The van der Waals surface area contributed by atoms with Gasteiger partial charge >= 0.3 is 0 Å². The molecule has 4 rings (SSSR count). The van der Waals surface area contributed by atoms with Crippen molar-refractivity contribution in [3.05, 3.63) is 64.2 Å². The van der Waals surface area contributed by atoms with E-state index in [9.17, 15) is 9.59 Å². The molecule has 7 heteroatoms. The lowest BCUT2D eigenvalue weighted by atomic mass is 10.2. The Morgan fingerprint density at radius 3 is 2.80 bits per heavy atom. The second-order valence-corrected chi connectivity index (χ2v) is 5.72. The minimum atomic E-state index is -0.524. The van der Waals surface area contributed by atoms with Gasteiger partial charge in [0.05, 0.1) is 0 Å². The van der Waals surface area contributed by atoms with Gasteiger partial charge in [-0.15, -0.1) is 0 Å². The SMILES string of the molecule is Cc1ccn2c(=O)c(C(=O)Nc3ccc4c(c3)OCCO4)cnc2c1. The van der Waals surface area contributed by atoms with E-state index in [2.05, 4.69) is 10.3 Å². The largest absolute Gasteiger partial charge is 0.486 e. The topological polar surface area (TPSA) is 81.9 Å². The molecule has 0 aliphatic carbocycles. The number of amides is 1. The van der Waals surface area contributed by atoms with E-state index >= 15 is 0 Å². The summed E-state index contributed by atoms with van der Waals surface area (Å²) in [7, 11) is 0. The standard InChI is InChI=1S/C18H15N3O4/c1-11-4-5-21-16(8-11)19-10-13(18(21)23)17(22)20-12-2-3-14-15(9-12)25-7-6-24-14/h2-5,8-10H,6-7H2,1H3,(H,20,22). The third-order valence-electron chi connectivity index (χ3n) is 3.91. The second-order valence-electron chi connectivity index (χ2n) is 5.72. The zero-order valence-electron chi connectivity index (χ0n) is 13.5. The van der Waals surface area contributed by atoms with Crippen LogP contribution in [0.15, 0.2) is 47.5 Å². The summed E-state index contributed by atoms with van der Waals surface area (Å²) in [6, 6.07) is 8.66. The lowest BCUT2D eigenvalue weighted by molar-refractivity contribution is 0.102. The number of pyridine rings is 1. The number of benzene rings is 1. The maximum absolute atomic E-state index is 12.5. The molecule has 0 spiro atoms. The molecule has 25 heavy (non-hydrogen) atoms. The number of nitrogens with one attached hydrogen (secondary N) is 1. The van der Waals surface area contributed by atoms with Crippen molar-refractivity contribution in [3.8, 4) is 11.5 Å². The molecule has 1 aromatic carbocycles. The normalized spacial score (nSPS) is 12.8. The molecule has 1 aliphatic rings. The average Bonchev–Trinajstić information content (AvgIpc) is 2.61. The Morgan fingerprint density at radius 2 is 1.96 bits per heavy atom. The van der Waals surface area contributed by atoms with E-state index in [1.807, 2.05) is 6.92 Å². The van der Waals surface area contributed by atoms with Gasteiger partial charge in [0, 0.05) is 24.1 Å². The van der Waals surface area contributed by atoms with Crippen molar-refractivity contribution in [2.75, 3.05) is 18.5 Å². The van der Waals surface area contributed by atoms with E-state index in [4.69, 9.17) is 9.47 Å². The first-order valence-corrected chi connectivity index (χ1v) is 7.81. The summed E-state index contributed by atoms with van der Waals surface area (Å²) in [5.41, 5.74) is 1.56. The highest BCUT2D eigenvalue weighted by molar-refractivity contribution is 6.04. The lowest BCUT2D eigenvalue weighted by Crippen LogP contribution is -2.26. The quantitative estimate of drug-likeness (QED) is 0.774. The fourth-order valence-corrected chi connectivity index (χ4v) is 2.65. The van der Waals surface area contributed by atoms with Crippen LogP contribution in [0.4, 0.5) is 5.69 Å². The van der Waals surface area contributed by atoms with E-state index < -0.39 is 11.5 Å². The van der Waals surface area contributed by atoms with Crippen molar-refractivity contribution in [3.63, 3.8) is 0 Å². The molecule has 0 unspecified atom stereocenters. The van der Waals surface area contributed by atoms with Crippen LogP contribution in [0.3, 0.4) is 0 Å². The van der Waals surface area contributed by atoms with Crippen LogP contribution in [0.5, 0.6) is 11.5 Å². The van der Waals surface area contributed by atoms with Crippen LogP contribution in [-0.2, 0) is 0 Å². The smallest absolute Gasteiger partial charge is 0.270 e. The van der Waals surface area contributed by atoms with E-state index in [-0.39, 0.29) is 5.56 Å². The minimum Gasteiger partial charge on any atom is -0.486 e. The predicted octanol–water partition coefficient (Wildman–Crippen LogP) is 2.03. The zero-order chi connectivity index (χ0) is 17.4. The summed E-state index contributed by atoms with van der Waals surface area (Å²) in [6.45, 7) is 2.87. The monoisotopic (exact) mass is 337 g/mol. The molecule has 1 aliphatic heterocycles. The van der Waals surface area contributed by atoms with Crippen molar-refractivity contribution < 1.29 is 14.3 Å². The molecular weight excluding hydrogens is 322 g/mol. The Bertz CT molecular complexity index is 1040. The number of rotatable bonds is 2. The molecule has 0 saturated carbocycles. The minimum absolute atomic E-state index is 0.0313. The van der Waals surface area contributed by atoms with Crippen LogP contribution < -0.4 is 20.3 Å². The first kappa shape index (κ1) is 15.2. The molecule has 0 saturated heterocycles. The molecule has 1 N–H and O–H groups in total. The van der Waals surface area contributed by atoms with Gasteiger partial charge in [0.15, 0.2) is 11.5 Å². The van der Waals surface area contributed by atoms with Gasteiger partial charge in [0.1, 0.15) is 24.4 Å². The molecule has 0 atom stereocenters.